The fraction of sp³-hybridized carbons (Fsp3) is 0.450. The summed E-state index contributed by atoms with van der Waals surface area (Å²) >= 11 is 0. The lowest BCUT2D eigenvalue weighted by molar-refractivity contribution is -0.121. The summed E-state index contributed by atoms with van der Waals surface area (Å²) in [6, 6.07) is 8.03. The van der Waals surface area contributed by atoms with E-state index in [0.717, 1.165) is 11.1 Å². The smallest absolute Gasteiger partial charge is 0.317 e. The number of carbonyl (C=O) groups is 2. The molecule has 1 aliphatic rings. The molecule has 2 atom stereocenters. The van der Waals surface area contributed by atoms with Crippen LogP contribution in [0.3, 0.4) is 0 Å². The molecule has 7 heteroatoms. The molecule has 2 heterocycles. The Balaban J connectivity index is 1.65. The average Bonchev–Trinajstić information content (AvgIpc) is 3.26. The number of urea groups is 1. The largest absolute Gasteiger partial charge is 0.369 e. The molecule has 1 aliphatic heterocycles. The van der Waals surface area contributed by atoms with E-state index < -0.39 is 5.92 Å². The Bertz CT molecular complexity index is 829. The number of aromatic nitrogens is 2. The van der Waals surface area contributed by atoms with Crippen LogP contribution in [0.2, 0.25) is 0 Å². The minimum atomic E-state index is -0.399. The van der Waals surface area contributed by atoms with Crippen LogP contribution in [0.1, 0.15) is 42.4 Å². The van der Waals surface area contributed by atoms with Crippen molar-refractivity contribution in [3.8, 4) is 0 Å². The molecule has 27 heavy (non-hydrogen) atoms. The van der Waals surface area contributed by atoms with Crippen LogP contribution in [0.4, 0.5) is 4.79 Å². The quantitative estimate of drug-likeness (QED) is 0.844. The summed E-state index contributed by atoms with van der Waals surface area (Å²) in [5.74, 6) is -0.463. The van der Waals surface area contributed by atoms with Gasteiger partial charge in [0, 0.05) is 38.8 Å². The van der Waals surface area contributed by atoms with Crippen LogP contribution in [-0.4, -0.2) is 39.7 Å². The number of rotatable bonds is 5. The van der Waals surface area contributed by atoms with Gasteiger partial charge in [-0.1, -0.05) is 38.1 Å². The topological polar surface area (TPSA) is 93.2 Å². The number of amides is 3. The molecule has 0 bridgehead atoms. The highest BCUT2D eigenvalue weighted by atomic mass is 16.2. The van der Waals surface area contributed by atoms with Gasteiger partial charge in [0.25, 0.3) is 0 Å². The number of nitrogens with one attached hydrogen (secondary N) is 1. The molecular weight excluding hydrogens is 342 g/mol. The van der Waals surface area contributed by atoms with Gasteiger partial charge in [0.1, 0.15) is 0 Å². The summed E-state index contributed by atoms with van der Waals surface area (Å²) in [6.45, 7) is 5.52. The molecular formula is C20H27N5O2. The monoisotopic (exact) mass is 369 g/mol. The molecule has 0 spiro atoms. The van der Waals surface area contributed by atoms with Gasteiger partial charge in [0.2, 0.25) is 5.91 Å². The molecule has 0 unspecified atom stereocenters. The van der Waals surface area contributed by atoms with Crippen LogP contribution in [0.25, 0.3) is 0 Å². The van der Waals surface area contributed by atoms with Crippen molar-refractivity contribution < 1.29 is 9.59 Å². The van der Waals surface area contributed by atoms with Crippen LogP contribution < -0.4 is 11.1 Å². The fourth-order valence-corrected chi connectivity index (χ4v) is 3.58. The molecule has 3 rings (SSSR count). The molecule has 1 fully saturated rings. The number of nitrogens with zero attached hydrogens (tertiary/aromatic N) is 3. The van der Waals surface area contributed by atoms with Crippen molar-refractivity contribution in [1.29, 1.82) is 0 Å². The summed E-state index contributed by atoms with van der Waals surface area (Å²) in [4.78, 5) is 26.2. The first kappa shape index (κ1) is 18.9. The number of carbonyl (C=O) groups excluding carboxylic acids is 2. The molecule has 1 aromatic heterocycles. The Hall–Kier alpha value is -2.83. The third kappa shape index (κ3) is 4.30. The van der Waals surface area contributed by atoms with Gasteiger partial charge in [-0.25, -0.2) is 4.79 Å². The van der Waals surface area contributed by atoms with Gasteiger partial charge < -0.3 is 16.0 Å². The Morgan fingerprint density at radius 2 is 2.11 bits per heavy atom. The van der Waals surface area contributed by atoms with E-state index in [4.69, 9.17) is 5.73 Å². The lowest BCUT2D eigenvalue weighted by atomic mass is 9.90. The van der Waals surface area contributed by atoms with Gasteiger partial charge in [-0.15, -0.1) is 0 Å². The lowest BCUT2D eigenvalue weighted by Crippen LogP contribution is -2.39. The van der Waals surface area contributed by atoms with Crippen LogP contribution in [0, 0.1) is 5.92 Å². The zero-order chi connectivity index (χ0) is 19.6. The Morgan fingerprint density at radius 1 is 1.33 bits per heavy atom. The van der Waals surface area contributed by atoms with Crippen molar-refractivity contribution in [2.45, 2.75) is 32.2 Å². The van der Waals surface area contributed by atoms with Crippen molar-refractivity contribution in [3.63, 3.8) is 0 Å². The van der Waals surface area contributed by atoms with E-state index in [9.17, 15) is 9.59 Å². The van der Waals surface area contributed by atoms with Crippen molar-refractivity contribution in [1.82, 2.24) is 20.0 Å². The Kier molecular flexibility index (Phi) is 5.48. The predicted octanol–water partition coefficient (Wildman–Crippen LogP) is 1.95. The summed E-state index contributed by atoms with van der Waals surface area (Å²) in [6.07, 6.45) is 3.61. The van der Waals surface area contributed by atoms with Crippen molar-refractivity contribution in [3.05, 3.63) is 53.3 Å². The average molecular weight is 369 g/mol. The summed E-state index contributed by atoms with van der Waals surface area (Å²) in [7, 11) is 1.83. The molecule has 1 aromatic carbocycles. The predicted molar refractivity (Wildman–Crippen MR) is 103 cm³/mol. The van der Waals surface area contributed by atoms with Crippen LogP contribution >= 0.6 is 0 Å². The van der Waals surface area contributed by atoms with E-state index in [1.54, 1.807) is 15.8 Å². The zero-order valence-corrected chi connectivity index (χ0v) is 16.1. The maximum Gasteiger partial charge on any atom is 0.317 e. The maximum atomic E-state index is 12.6. The van der Waals surface area contributed by atoms with Crippen molar-refractivity contribution in [2.24, 2.45) is 18.7 Å². The van der Waals surface area contributed by atoms with E-state index in [0.29, 0.717) is 25.6 Å². The van der Waals surface area contributed by atoms with Crippen molar-refractivity contribution >= 4 is 11.9 Å². The summed E-state index contributed by atoms with van der Waals surface area (Å²) < 4.78 is 1.69. The molecule has 3 N–H and O–H groups in total. The fourth-order valence-electron chi connectivity index (χ4n) is 3.58. The van der Waals surface area contributed by atoms with Gasteiger partial charge >= 0.3 is 6.03 Å². The minimum Gasteiger partial charge on any atom is -0.369 e. The van der Waals surface area contributed by atoms with E-state index in [1.165, 1.54) is 5.56 Å². The molecule has 0 aliphatic carbocycles. The zero-order valence-electron chi connectivity index (χ0n) is 16.1. The van der Waals surface area contributed by atoms with E-state index >= 15 is 0 Å². The summed E-state index contributed by atoms with van der Waals surface area (Å²) in [5.41, 5.74) is 8.81. The van der Waals surface area contributed by atoms with Gasteiger partial charge in [0.05, 0.1) is 12.1 Å². The number of hydrogen-bond donors (Lipinski definition) is 2. The summed E-state index contributed by atoms with van der Waals surface area (Å²) in [5, 5.41) is 7.13. The molecule has 0 radical (unpaired) electrons. The molecule has 1 saturated heterocycles. The van der Waals surface area contributed by atoms with Gasteiger partial charge in [-0.05, 0) is 22.6 Å². The number of primary amides is 1. The van der Waals surface area contributed by atoms with Crippen LogP contribution in [0.15, 0.2) is 36.7 Å². The van der Waals surface area contributed by atoms with E-state index in [1.807, 2.05) is 25.4 Å². The van der Waals surface area contributed by atoms with Gasteiger partial charge in [-0.2, -0.15) is 5.10 Å². The SMILES string of the molecule is CC(C)c1cccc(CNC(=O)N2C[C@H](C(N)=O)[C@@H](c3cnn(C)c3)C2)c1. The third-order valence-electron chi connectivity index (χ3n) is 5.19. The van der Waals surface area contributed by atoms with Gasteiger partial charge in [-0.3, -0.25) is 9.48 Å². The van der Waals surface area contributed by atoms with Crippen molar-refractivity contribution in [2.75, 3.05) is 13.1 Å². The second-order valence-electron chi connectivity index (χ2n) is 7.53. The molecule has 144 valence electrons. The van der Waals surface area contributed by atoms with E-state index in [-0.39, 0.29) is 17.9 Å². The molecule has 7 nitrogen and oxygen atoms in total. The number of nitrogens with two attached hydrogens (primary N) is 1. The number of aryl methyl sites for hydroxylation is 1. The van der Waals surface area contributed by atoms with Crippen LogP contribution in [0.5, 0.6) is 0 Å². The standard InChI is InChI=1S/C20H27N5O2/c1-13(2)15-6-4-5-14(7-15)8-22-20(27)25-11-17(18(12-25)19(21)26)16-9-23-24(3)10-16/h4-7,9-10,13,17-18H,8,11-12H2,1-3H3,(H2,21,26)(H,22,27)/t17-,18+/m1/s1. The van der Waals surface area contributed by atoms with Crippen LogP contribution in [-0.2, 0) is 18.4 Å². The molecule has 2 aromatic rings. The third-order valence-corrected chi connectivity index (χ3v) is 5.19. The highest BCUT2D eigenvalue weighted by molar-refractivity contribution is 5.81. The first-order chi connectivity index (χ1) is 12.8. The normalized spacial score (nSPS) is 19.5. The second kappa shape index (κ2) is 7.82. The highest BCUT2D eigenvalue weighted by Gasteiger charge is 2.39. The second-order valence-corrected chi connectivity index (χ2v) is 7.53. The maximum absolute atomic E-state index is 12.6. The highest BCUT2D eigenvalue weighted by Crippen LogP contribution is 2.32. The Labute approximate surface area is 159 Å². The molecule has 0 saturated carbocycles. The number of likely N-dealkylation sites (tertiary alicyclic amines) is 1. The Morgan fingerprint density at radius 3 is 2.74 bits per heavy atom. The van der Waals surface area contributed by atoms with Gasteiger partial charge in [0.15, 0.2) is 0 Å². The van der Waals surface area contributed by atoms with E-state index in [2.05, 4.69) is 36.4 Å². The molecule has 3 amide bonds. The minimum absolute atomic E-state index is 0.119. The first-order valence-corrected chi connectivity index (χ1v) is 9.24. The number of benzene rings is 1. The lowest BCUT2D eigenvalue weighted by Gasteiger charge is -2.17. The first-order valence-electron chi connectivity index (χ1n) is 9.24. The number of hydrogen-bond acceptors (Lipinski definition) is 3.